The van der Waals surface area contributed by atoms with Gasteiger partial charge in [-0.05, 0) is 31.2 Å². The molecule has 0 amide bonds. The van der Waals surface area contributed by atoms with E-state index in [4.69, 9.17) is 16.3 Å². The number of benzene rings is 1. The summed E-state index contributed by atoms with van der Waals surface area (Å²) in [4.78, 5) is 9.44. The molecular weight excluding hydrogens is 338 g/mol. The van der Waals surface area contributed by atoms with Crippen LogP contribution in [0.4, 0.5) is 0 Å². The van der Waals surface area contributed by atoms with Crippen LogP contribution < -0.4 is 15.4 Å². The van der Waals surface area contributed by atoms with Crippen LogP contribution in [-0.4, -0.2) is 80.8 Å². The third kappa shape index (κ3) is 5.23. The molecule has 138 valence electrons. The lowest BCUT2D eigenvalue weighted by molar-refractivity contribution is 0.0154. The molecule has 3 heterocycles. The van der Waals surface area contributed by atoms with Crippen molar-refractivity contribution in [2.75, 3.05) is 52.9 Å². The van der Waals surface area contributed by atoms with Crippen LogP contribution in [0.3, 0.4) is 0 Å². The molecule has 4 rings (SSSR count). The zero-order chi connectivity index (χ0) is 17.6. The molecule has 0 spiro atoms. The van der Waals surface area contributed by atoms with Crippen LogP contribution in [0.25, 0.3) is 0 Å². The van der Waals surface area contributed by atoms with E-state index in [-0.39, 0.29) is 6.10 Å². The number of hydrogen-bond acceptors (Lipinski definition) is 4. The SMILES string of the molecule is CN=C(NCC(C)Oc1ccc(Cl)cc1)NCC1CN2CCN1CC2. The molecule has 3 fully saturated rings. The molecule has 1 aromatic carbocycles. The average Bonchev–Trinajstić information content (AvgIpc) is 2.65. The molecule has 0 aliphatic carbocycles. The average molecular weight is 366 g/mol. The number of guanidine groups is 1. The van der Waals surface area contributed by atoms with Crippen LogP contribution in [0.5, 0.6) is 5.75 Å². The number of nitrogens with zero attached hydrogens (tertiary/aromatic N) is 3. The monoisotopic (exact) mass is 365 g/mol. The highest BCUT2D eigenvalue weighted by Gasteiger charge is 2.31. The molecule has 25 heavy (non-hydrogen) atoms. The van der Waals surface area contributed by atoms with Gasteiger partial charge in [0.2, 0.25) is 0 Å². The summed E-state index contributed by atoms with van der Waals surface area (Å²) < 4.78 is 5.88. The van der Waals surface area contributed by atoms with Gasteiger partial charge >= 0.3 is 0 Å². The number of fused-ring (bicyclic) bond motifs is 3. The van der Waals surface area contributed by atoms with Gasteiger partial charge in [-0.15, -0.1) is 0 Å². The lowest BCUT2D eigenvalue weighted by atomic mass is 10.1. The molecular formula is C18H28ClN5O. The maximum atomic E-state index is 5.89. The lowest BCUT2D eigenvalue weighted by Gasteiger charge is -2.47. The molecule has 0 aromatic heterocycles. The number of hydrogen-bond donors (Lipinski definition) is 2. The Morgan fingerprint density at radius 2 is 1.96 bits per heavy atom. The first-order valence-corrected chi connectivity index (χ1v) is 9.35. The van der Waals surface area contributed by atoms with Gasteiger partial charge in [-0.2, -0.15) is 0 Å². The van der Waals surface area contributed by atoms with Gasteiger partial charge in [-0.3, -0.25) is 14.8 Å². The van der Waals surface area contributed by atoms with E-state index < -0.39 is 0 Å². The zero-order valence-electron chi connectivity index (χ0n) is 15.0. The van der Waals surface area contributed by atoms with Gasteiger partial charge in [0.1, 0.15) is 11.9 Å². The lowest BCUT2D eigenvalue weighted by Crippen LogP contribution is -2.64. The maximum absolute atomic E-state index is 5.89. The van der Waals surface area contributed by atoms with E-state index >= 15 is 0 Å². The minimum Gasteiger partial charge on any atom is -0.489 e. The van der Waals surface area contributed by atoms with Crippen molar-refractivity contribution >= 4 is 17.6 Å². The van der Waals surface area contributed by atoms with E-state index in [0.717, 1.165) is 24.8 Å². The Morgan fingerprint density at radius 1 is 1.24 bits per heavy atom. The van der Waals surface area contributed by atoms with E-state index in [9.17, 15) is 0 Å². The van der Waals surface area contributed by atoms with Crippen LogP contribution in [0.15, 0.2) is 29.3 Å². The molecule has 0 saturated carbocycles. The molecule has 2 unspecified atom stereocenters. The van der Waals surface area contributed by atoms with Crippen molar-refractivity contribution in [3.63, 3.8) is 0 Å². The van der Waals surface area contributed by atoms with Crippen LogP contribution in [0.2, 0.25) is 5.02 Å². The molecule has 3 aliphatic heterocycles. The Kier molecular flexibility index (Phi) is 6.39. The number of rotatable bonds is 6. The fourth-order valence-corrected chi connectivity index (χ4v) is 3.51. The molecule has 1 aromatic rings. The quantitative estimate of drug-likeness (QED) is 0.587. The highest BCUT2D eigenvalue weighted by atomic mass is 35.5. The van der Waals surface area contributed by atoms with Gasteiger partial charge in [0.15, 0.2) is 5.96 Å². The van der Waals surface area contributed by atoms with E-state index in [0.29, 0.717) is 17.6 Å². The van der Waals surface area contributed by atoms with Crippen molar-refractivity contribution in [3.05, 3.63) is 29.3 Å². The highest BCUT2D eigenvalue weighted by Crippen LogP contribution is 2.17. The van der Waals surface area contributed by atoms with Crippen LogP contribution in [0, 0.1) is 0 Å². The predicted molar refractivity (Wildman–Crippen MR) is 103 cm³/mol. The maximum Gasteiger partial charge on any atom is 0.191 e. The van der Waals surface area contributed by atoms with Crippen LogP contribution >= 0.6 is 11.6 Å². The first-order chi connectivity index (χ1) is 12.1. The normalized spacial score (nSPS) is 27.0. The second-order valence-corrected chi connectivity index (χ2v) is 7.14. The number of ether oxygens (including phenoxy) is 1. The van der Waals surface area contributed by atoms with Gasteiger partial charge in [0.05, 0.1) is 6.54 Å². The Bertz CT molecular complexity index is 571. The molecule has 3 aliphatic rings. The van der Waals surface area contributed by atoms with Crippen LogP contribution in [0.1, 0.15) is 6.92 Å². The fourth-order valence-electron chi connectivity index (χ4n) is 3.38. The minimum atomic E-state index is 0.0280. The van der Waals surface area contributed by atoms with Gasteiger partial charge in [-0.1, -0.05) is 11.6 Å². The van der Waals surface area contributed by atoms with E-state index in [2.05, 4.69) is 25.4 Å². The standard InChI is InChI=1S/C18H28ClN5O/c1-14(25-17-5-3-15(19)4-6-17)11-21-18(20-2)22-12-16-13-23-7-9-24(16)10-8-23/h3-6,14,16H,7-13H2,1-2H3,(H2,20,21,22). The number of nitrogens with one attached hydrogen (secondary N) is 2. The van der Waals surface area contributed by atoms with E-state index in [1.807, 2.05) is 31.2 Å². The van der Waals surface area contributed by atoms with Gasteiger partial charge < -0.3 is 15.4 Å². The topological polar surface area (TPSA) is 52.1 Å². The Balaban J connectivity index is 1.39. The molecule has 2 N–H and O–H groups in total. The van der Waals surface area contributed by atoms with Crippen molar-refractivity contribution < 1.29 is 4.74 Å². The first kappa shape index (κ1) is 18.3. The van der Waals surface area contributed by atoms with Crippen molar-refractivity contribution in [1.29, 1.82) is 0 Å². The van der Waals surface area contributed by atoms with E-state index in [1.54, 1.807) is 7.05 Å². The third-order valence-corrected chi connectivity index (χ3v) is 5.08. The Hall–Kier alpha value is -1.50. The number of aliphatic imine (C=N–C) groups is 1. The van der Waals surface area contributed by atoms with E-state index in [1.165, 1.54) is 26.2 Å². The summed E-state index contributed by atoms with van der Waals surface area (Å²) in [5.74, 6) is 1.64. The number of halogens is 1. The summed E-state index contributed by atoms with van der Waals surface area (Å²) in [6.45, 7) is 9.58. The largest absolute Gasteiger partial charge is 0.489 e. The zero-order valence-corrected chi connectivity index (χ0v) is 15.8. The molecule has 2 atom stereocenters. The summed E-state index contributed by atoms with van der Waals surface area (Å²) >= 11 is 5.89. The summed E-state index contributed by atoms with van der Waals surface area (Å²) in [6, 6.07) is 8.01. The van der Waals surface area contributed by atoms with Crippen LogP contribution in [-0.2, 0) is 0 Å². The summed E-state index contributed by atoms with van der Waals surface area (Å²) in [5, 5.41) is 7.50. The van der Waals surface area contributed by atoms with Gasteiger partial charge in [0.25, 0.3) is 0 Å². The van der Waals surface area contributed by atoms with Crippen molar-refractivity contribution in [2.45, 2.75) is 19.1 Å². The van der Waals surface area contributed by atoms with Gasteiger partial charge in [-0.25, -0.2) is 0 Å². The second kappa shape index (κ2) is 8.74. The predicted octanol–water partition coefficient (Wildman–Crippen LogP) is 1.27. The summed E-state index contributed by atoms with van der Waals surface area (Å²) in [6.07, 6.45) is 0.0280. The van der Waals surface area contributed by atoms with Crippen molar-refractivity contribution in [1.82, 2.24) is 20.4 Å². The Morgan fingerprint density at radius 3 is 2.56 bits per heavy atom. The van der Waals surface area contributed by atoms with Crippen molar-refractivity contribution in [3.8, 4) is 5.75 Å². The molecule has 3 saturated heterocycles. The summed E-state index contributed by atoms with van der Waals surface area (Å²) in [5.41, 5.74) is 0. The van der Waals surface area contributed by atoms with Crippen molar-refractivity contribution in [2.24, 2.45) is 4.99 Å². The molecule has 6 nitrogen and oxygen atoms in total. The highest BCUT2D eigenvalue weighted by molar-refractivity contribution is 6.30. The third-order valence-electron chi connectivity index (χ3n) is 4.83. The fraction of sp³-hybridized carbons (Fsp3) is 0.611. The molecule has 7 heteroatoms. The molecule has 2 bridgehead atoms. The minimum absolute atomic E-state index is 0.0280. The number of piperazine rings is 3. The second-order valence-electron chi connectivity index (χ2n) is 6.71. The molecule has 0 radical (unpaired) electrons. The first-order valence-electron chi connectivity index (χ1n) is 8.97. The Labute approximate surface area is 155 Å². The summed E-state index contributed by atoms with van der Waals surface area (Å²) in [7, 11) is 1.80. The van der Waals surface area contributed by atoms with Gasteiger partial charge in [0, 0.05) is 57.4 Å². The smallest absolute Gasteiger partial charge is 0.191 e.